The Labute approximate surface area is 198 Å². The van der Waals surface area contributed by atoms with Crippen molar-refractivity contribution in [1.29, 1.82) is 0 Å². The lowest BCUT2D eigenvalue weighted by Gasteiger charge is -2.26. The van der Waals surface area contributed by atoms with Crippen LogP contribution >= 0.6 is 15.9 Å². The summed E-state index contributed by atoms with van der Waals surface area (Å²) in [6, 6.07) is 14.4. The molecular formula is C25H20BrNO6. The Bertz CT molecular complexity index is 1300. The Kier molecular flexibility index (Phi) is 5.86. The summed E-state index contributed by atoms with van der Waals surface area (Å²) in [4.78, 5) is 27.5. The van der Waals surface area contributed by atoms with E-state index in [1.165, 1.54) is 30.2 Å². The second kappa shape index (κ2) is 8.63. The minimum atomic E-state index is -1.03. The second-order valence-electron chi connectivity index (χ2n) is 7.60. The van der Waals surface area contributed by atoms with Crippen molar-refractivity contribution in [2.24, 2.45) is 0 Å². The molecule has 0 radical (unpaired) electrons. The van der Waals surface area contributed by atoms with Crippen LogP contribution in [0.3, 0.4) is 0 Å². The summed E-state index contributed by atoms with van der Waals surface area (Å²) >= 11 is 3.36. The van der Waals surface area contributed by atoms with E-state index >= 15 is 0 Å². The molecule has 33 heavy (non-hydrogen) atoms. The zero-order valence-corrected chi connectivity index (χ0v) is 19.3. The molecule has 1 amide bonds. The minimum Gasteiger partial charge on any atom is -0.508 e. The monoisotopic (exact) mass is 509 g/mol. The molecule has 1 aliphatic rings. The number of aromatic hydroxyl groups is 2. The molecule has 0 spiro atoms. The maximum Gasteiger partial charge on any atom is 0.300 e. The molecule has 0 saturated carbocycles. The first-order chi connectivity index (χ1) is 15.7. The number of ketones is 1. The number of carbonyl (C=O) groups is 2. The summed E-state index contributed by atoms with van der Waals surface area (Å²) in [5.41, 5.74) is 1.56. The number of hydrogen-bond donors (Lipinski definition) is 3. The van der Waals surface area contributed by atoms with E-state index in [-0.39, 0.29) is 28.5 Å². The number of methoxy groups -OCH3 is 1. The summed E-state index contributed by atoms with van der Waals surface area (Å²) < 4.78 is 5.78. The molecule has 8 heteroatoms. The molecule has 1 fully saturated rings. The van der Waals surface area contributed by atoms with Gasteiger partial charge in [0.15, 0.2) is 0 Å². The van der Waals surface area contributed by atoms with Gasteiger partial charge in [-0.2, -0.15) is 0 Å². The summed E-state index contributed by atoms with van der Waals surface area (Å²) in [6.45, 7) is 1.80. The van der Waals surface area contributed by atoms with Crippen LogP contribution in [0.25, 0.3) is 5.76 Å². The maximum atomic E-state index is 13.2. The standard InChI is InChI=1S/C25H20BrNO6/c1-13-3-9-19(29)18(11-13)27-22(14-4-7-16(28)8-5-14)21(24(31)25(27)32)23(30)15-6-10-20(33-2)17(26)12-15/h3-12,22,28-30H,1-2H3/b23-21-. The summed E-state index contributed by atoms with van der Waals surface area (Å²) in [6.07, 6.45) is 0. The molecule has 4 rings (SSSR count). The van der Waals surface area contributed by atoms with E-state index in [0.29, 0.717) is 21.3 Å². The predicted molar refractivity (Wildman–Crippen MR) is 126 cm³/mol. The number of benzene rings is 3. The highest BCUT2D eigenvalue weighted by atomic mass is 79.9. The van der Waals surface area contributed by atoms with Gasteiger partial charge in [-0.25, -0.2) is 0 Å². The van der Waals surface area contributed by atoms with Gasteiger partial charge in [-0.1, -0.05) is 18.2 Å². The number of halogens is 1. The van der Waals surface area contributed by atoms with Crippen LogP contribution in [-0.2, 0) is 9.59 Å². The third-order valence-corrected chi connectivity index (χ3v) is 6.09. The topological polar surface area (TPSA) is 107 Å². The zero-order chi connectivity index (χ0) is 23.9. The van der Waals surface area contributed by atoms with Crippen LogP contribution in [0, 0.1) is 6.92 Å². The van der Waals surface area contributed by atoms with Crippen LogP contribution in [0.15, 0.2) is 70.7 Å². The van der Waals surface area contributed by atoms with Crippen molar-refractivity contribution in [3.05, 3.63) is 87.4 Å². The van der Waals surface area contributed by atoms with Gasteiger partial charge in [0.05, 0.1) is 28.9 Å². The number of phenols is 2. The SMILES string of the molecule is COc1ccc(/C(O)=C2/C(=O)C(=O)N(c3cc(C)ccc3O)C2c2ccc(O)cc2)cc1Br. The molecule has 1 saturated heterocycles. The molecule has 7 nitrogen and oxygen atoms in total. The highest BCUT2D eigenvalue weighted by Gasteiger charge is 2.47. The first kappa shape index (κ1) is 22.4. The largest absolute Gasteiger partial charge is 0.508 e. The Hall–Kier alpha value is -3.78. The number of anilines is 1. The van der Waals surface area contributed by atoms with Crippen molar-refractivity contribution < 1.29 is 29.6 Å². The number of rotatable bonds is 4. The predicted octanol–water partition coefficient (Wildman–Crippen LogP) is 4.80. The highest BCUT2D eigenvalue weighted by Crippen LogP contribution is 2.45. The molecule has 1 aliphatic heterocycles. The van der Waals surface area contributed by atoms with Crippen molar-refractivity contribution in [2.75, 3.05) is 12.0 Å². The van der Waals surface area contributed by atoms with Gasteiger partial charge in [-0.15, -0.1) is 0 Å². The Morgan fingerprint density at radius 3 is 2.33 bits per heavy atom. The Morgan fingerprint density at radius 1 is 1.00 bits per heavy atom. The second-order valence-corrected chi connectivity index (χ2v) is 8.46. The Morgan fingerprint density at radius 2 is 1.70 bits per heavy atom. The molecule has 168 valence electrons. The van der Waals surface area contributed by atoms with E-state index in [0.717, 1.165) is 5.56 Å². The lowest BCUT2D eigenvalue weighted by Crippen LogP contribution is -2.29. The molecule has 3 N–H and O–H groups in total. The fourth-order valence-electron chi connectivity index (χ4n) is 3.85. The fraction of sp³-hybridized carbons (Fsp3) is 0.120. The van der Waals surface area contributed by atoms with E-state index in [1.54, 1.807) is 49.4 Å². The fourth-order valence-corrected chi connectivity index (χ4v) is 4.39. The van der Waals surface area contributed by atoms with Gasteiger partial charge in [0.25, 0.3) is 11.7 Å². The van der Waals surface area contributed by atoms with Gasteiger partial charge in [0, 0.05) is 5.56 Å². The third-order valence-electron chi connectivity index (χ3n) is 5.47. The molecule has 0 bridgehead atoms. The quantitative estimate of drug-likeness (QED) is 0.265. The van der Waals surface area contributed by atoms with Gasteiger partial charge < -0.3 is 20.1 Å². The first-order valence-corrected chi connectivity index (χ1v) is 10.8. The number of amides is 1. The maximum absolute atomic E-state index is 13.2. The normalized spacial score (nSPS) is 17.4. The number of phenolic OH excluding ortho intramolecular Hbond substituents is 2. The van der Waals surface area contributed by atoms with E-state index in [1.807, 2.05) is 0 Å². The molecule has 1 heterocycles. The summed E-state index contributed by atoms with van der Waals surface area (Å²) in [5.74, 6) is -1.79. The van der Waals surface area contributed by atoms with Crippen LogP contribution in [0.2, 0.25) is 0 Å². The summed E-state index contributed by atoms with van der Waals surface area (Å²) in [5, 5.41) is 31.4. The van der Waals surface area contributed by atoms with E-state index in [9.17, 15) is 24.9 Å². The van der Waals surface area contributed by atoms with Gasteiger partial charge in [-0.3, -0.25) is 14.5 Å². The van der Waals surface area contributed by atoms with Crippen LogP contribution in [-0.4, -0.2) is 34.1 Å². The third kappa shape index (κ3) is 3.93. The van der Waals surface area contributed by atoms with Crippen LogP contribution in [0.5, 0.6) is 17.2 Å². The molecule has 0 aromatic heterocycles. The molecule has 3 aromatic carbocycles. The van der Waals surface area contributed by atoms with Crippen molar-refractivity contribution in [1.82, 2.24) is 0 Å². The van der Waals surface area contributed by atoms with Crippen LogP contribution in [0.4, 0.5) is 5.69 Å². The van der Waals surface area contributed by atoms with E-state index in [2.05, 4.69) is 15.9 Å². The lowest BCUT2D eigenvalue weighted by atomic mass is 9.95. The molecular weight excluding hydrogens is 490 g/mol. The smallest absolute Gasteiger partial charge is 0.300 e. The van der Waals surface area contributed by atoms with E-state index in [4.69, 9.17) is 4.74 Å². The number of aliphatic hydroxyl groups is 1. The Balaban J connectivity index is 1.97. The molecule has 1 unspecified atom stereocenters. The van der Waals surface area contributed by atoms with E-state index < -0.39 is 17.7 Å². The van der Waals surface area contributed by atoms with Crippen molar-refractivity contribution >= 4 is 39.1 Å². The molecule has 3 aromatic rings. The number of hydrogen-bond acceptors (Lipinski definition) is 6. The average molecular weight is 510 g/mol. The molecule has 1 atom stereocenters. The van der Waals surface area contributed by atoms with Crippen molar-refractivity contribution in [3.8, 4) is 17.2 Å². The van der Waals surface area contributed by atoms with Crippen LogP contribution in [0.1, 0.15) is 22.7 Å². The van der Waals surface area contributed by atoms with Crippen molar-refractivity contribution in [2.45, 2.75) is 13.0 Å². The first-order valence-electron chi connectivity index (χ1n) is 9.96. The molecule has 0 aliphatic carbocycles. The average Bonchev–Trinajstić information content (AvgIpc) is 3.06. The zero-order valence-electron chi connectivity index (χ0n) is 17.7. The highest BCUT2D eigenvalue weighted by molar-refractivity contribution is 9.10. The summed E-state index contributed by atoms with van der Waals surface area (Å²) in [7, 11) is 1.50. The number of carbonyl (C=O) groups excluding carboxylic acids is 2. The van der Waals surface area contributed by atoms with Crippen LogP contribution < -0.4 is 9.64 Å². The number of nitrogens with zero attached hydrogens (tertiary/aromatic N) is 1. The number of ether oxygens (including phenoxy) is 1. The van der Waals surface area contributed by atoms with Gasteiger partial charge in [0.2, 0.25) is 0 Å². The number of aryl methyl sites for hydroxylation is 1. The van der Waals surface area contributed by atoms with Gasteiger partial charge in [-0.05, 0) is 76.4 Å². The van der Waals surface area contributed by atoms with Gasteiger partial charge >= 0.3 is 0 Å². The minimum absolute atomic E-state index is 0.00758. The van der Waals surface area contributed by atoms with Crippen molar-refractivity contribution in [3.63, 3.8) is 0 Å². The number of aliphatic hydroxyl groups excluding tert-OH is 1. The lowest BCUT2D eigenvalue weighted by molar-refractivity contribution is -0.132. The van der Waals surface area contributed by atoms with Gasteiger partial charge in [0.1, 0.15) is 23.0 Å². The number of Topliss-reactive ketones (excluding diaryl/α,β-unsaturated/α-hetero) is 1.